The molecule has 1 aromatic carbocycles. The van der Waals surface area contributed by atoms with E-state index in [1.807, 2.05) is 6.07 Å². The minimum absolute atomic E-state index is 0.273. The van der Waals surface area contributed by atoms with Crippen molar-refractivity contribution in [3.8, 4) is 0 Å². The zero-order valence-electron chi connectivity index (χ0n) is 8.02. The lowest BCUT2D eigenvalue weighted by Gasteiger charge is -2.06. The zero-order valence-corrected chi connectivity index (χ0v) is 8.02. The van der Waals surface area contributed by atoms with Crippen molar-refractivity contribution in [3.05, 3.63) is 35.9 Å². The van der Waals surface area contributed by atoms with Crippen LogP contribution in [0.25, 0.3) is 0 Å². The first-order valence-corrected chi connectivity index (χ1v) is 5.18. The summed E-state index contributed by atoms with van der Waals surface area (Å²) in [7, 11) is 0. The Morgan fingerprint density at radius 2 is 2.07 bits per heavy atom. The average molecular weight is 187 g/mol. The SMILES string of the molecule is O=C1CCC2C1N2Cc1ccccc1. The third-order valence-electron chi connectivity index (χ3n) is 3.28. The molecule has 2 fully saturated rings. The largest absolute Gasteiger partial charge is 0.298 e. The summed E-state index contributed by atoms with van der Waals surface area (Å²) >= 11 is 0. The van der Waals surface area contributed by atoms with Crippen molar-refractivity contribution in [2.75, 3.05) is 0 Å². The number of carbonyl (C=O) groups excluding carboxylic acids is 1. The number of rotatable bonds is 2. The smallest absolute Gasteiger partial charge is 0.151 e. The van der Waals surface area contributed by atoms with Gasteiger partial charge in [-0.05, 0) is 12.0 Å². The molecule has 1 aliphatic heterocycles. The first-order valence-electron chi connectivity index (χ1n) is 5.18. The molecule has 1 saturated heterocycles. The van der Waals surface area contributed by atoms with E-state index in [4.69, 9.17) is 0 Å². The summed E-state index contributed by atoms with van der Waals surface area (Å²) in [6, 6.07) is 11.2. The number of hydrogen-bond donors (Lipinski definition) is 0. The van der Waals surface area contributed by atoms with E-state index in [1.54, 1.807) is 0 Å². The molecule has 0 spiro atoms. The number of fused-ring (bicyclic) bond motifs is 1. The number of Topliss-reactive ketones (excluding diaryl/α,β-unsaturated/α-hetero) is 1. The summed E-state index contributed by atoms with van der Waals surface area (Å²) in [6.45, 7) is 0.946. The minimum atomic E-state index is 0.273. The fourth-order valence-electron chi connectivity index (χ4n) is 2.50. The maximum atomic E-state index is 11.4. The van der Waals surface area contributed by atoms with Crippen molar-refractivity contribution in [1.82, 2.24) is 4.90 Å². The van der Waals surface area contributed by atoms with Gasteiger partial charge in [0.2, 0.25) is 0 Å². The van der Waals surface area contributed by atoms with E-state index in [1.165, 1.54) is 5.56 Å². The molecule has 1 aliphatic carbocycles. The topological polar surface area (TPSA) is 20.1 Å². The molecule has 1 saturated carbocycles. The van der Waals surface area contributed by atoms with E-state index in [0.29, 0.717) is 11.8 Å². The maximum absolute atomic E-state index is 11.4. The fourth-order valence-corrected chi connectivity index (χ4v) is 2.50. The minimum Gasteiger partial charge on any atom is -0.298 e. The van der Waals surface area contributed by atoms with Gasteiger partial charge >= 0.3 is 0 Å². The van der Waals surface area contributed by atoms with Gasteiger partial charge < -0.3 is 0 Å². The number of ketones is 1. The van der Waals surface area contributed by atoms with Gasteiger partial charge in [0, 0.05) is 19.0 Å². The second-order valence-electron chi connectivity index (χ2n) is 4.18. The van der Waals surface area contributed by atoms with Crippen LogP contribution in [0.3, 0.4) is 0 Å². The molecule has 2 aliphatic rings. The zero-order chi connectivity index (χ0) is 9.54. The molecule has 0 radical (unpaired) electrons. The van der Waals surface area contributed by atoms with Crippen LogP contribution in [0, 0.1) is 0 Å². The molecular weight excluding hydrogens is 174 g/mol. The molecule has 72 valence electrons. The van der Waals surface area contributed by atoms with E-state index < -0.39 is 0 Å². The van der Waals surface area contributed by atoms with Gasteiger partial charge in [0.25, 0.3) is 0 Å². The van der Waals surface area contributed by atoms with Crippen molar-refractivity contribution in [1.29, 1.82) is 0 Å². The molecule has 3 atom stereocenters. The Balaban J connectivity index is 1.69. The molecule has 14 heavy (non-hydrogen) atoms. The highest BCUT2D eigenvalue weighted by Gasteiger charge is 2.55. The predicted octanol–water partition coefficient (Wildman–Crippen LogP) is 1.60. The Labute approximate surface area is 83.5 Å². The van der Waals surface area contributed by atoms with Crippen LogP contribution in [0.1, 0.15) is 18.4 Å². The summed E-state index contributed by atoms with van der Waals surface area (Å²) < 4.78 is 0. The molecule has 0 aromatic heterocycles. The first kappa shape index (κ1) is 8.18. The highest BCUT2D eigenvalue weighted by molar-refractivity contribution is 5.90. The van der Waals surface area contributed by atoms with E-state index in [0.717, 1.165) is 19.4 Å². The molecule has 3 rings (SSSR count). The van der Waals surface area contributed by atoms with Crippen molar-refractivity contribution < 1.29 is 4.79 Å². The highest BCUT2D eigenvalue weighted by Crippen LogP contribution is 2.40. The standard InChI is InChI=1S/C12H13NO/c14-11-7-6-10-12(11)13(10)8-9-4-2-1-3-5-9/h1-5,10,12H,6-8H2. The highest BCUT2D eigenvalue weighted by atomic mass is 16.1. The molecule has 2 heteroatoms. The van der Waals surface area contributed by atoms with Crippen molar-refractivity contribution in [2.45, 2.75) is 31.5 Å². The Morgan fingerprint density at radius 1 is 1.29 bits per heavy atom. The van der Waals surface area contributed by atoms with Gasteiger partial charge in [-0.15, -0.1) is 0 Å². The number of nitrogens with zero attached hydrogens (tertiary/aromatic N) is 1. The van der Waals surface area contributed by atoms with Crippen LogP contribution in [0.15, 0.2) is 30.3 Å². The van der Waals surface area contributed by atoms with Crippen LogP contribution >= 0.6 is 0 Å². The van der Waals surface area contributed by atoms with E-state index in [2.05, 4.69) is 29.2 Å². The summed E-state index contributed by atoms with van der Waals surface area (Å²) in [6.07, 6.45) is 1.89. The lowest BCUT2D eigenvalue weighted by molar-refractivity contribution is -0.118. The number of hydrogen-bond acceptors (Lipinski definition) is 2. The molecule has 1 heterocycles. The number of likely N-dealkylation sites (tertiary alicyclic amines) is 1. The number of carbonyl (C=O) groups is 1. The van der Waals surface area contributed by atoms with Crippen molar-refractivity contribution in [2.24, 2.45) is 0 Å². The van der Waals surface area contributed by atoms with E-state index in [-0.39, 0.29) is 6.04 Å². The van der Waals surface area contributed by atoms with Crippen molar-refractivity contribution in [3.63, 3.8) is 0 Å². The molecule has 3 unspecified atom stereocenters. The second-order valence-corrected chi connectivity index (χ2v) is 4.18. The van der Waals surface area contributed by atoms with Gasteiger partial charge in [0.15, 0.2) is 5.78 Å². The number of benzene rings is 1. The van der Waals surface area contributed by atoms with Gasteiger partial charge in [-0.1, -0.05) is 30.3 Å². The Kier molecular flexibility index (Phi) is 1.71. The summed E-state index contributed by atoms with van der Waals surface area (Å²) in [5.74, 6) is 0.450. The Hall–Kier alpha value is -1.15. The van der Waals surface area contributed by atoms with E-state index >= 15 is 0 Å². The van der Waals surface area contributed by atoms with Gasteiger partial charge in [-0.25, -0.2) is 0 Å². The van der Waals surface area contributed by atoms with Crippen LogP contribution in [-0.4, -0.2) is 22.8 Å². The lowest BCUT2D eigenvalue weighted by Crippen LogP contribution is -2.12. The second kappa shape index (κ2) is 2.92. The third kappa shape index (κ3) is 1.18. The Bertz CT molecular complexity index is 360. The molecule has 0 bridgehead atoms. The monoisotopic (exact) mass is 187 g/mol. The molecule has 2 nitrogen and oxygen atoms in total. The van der Waals surface area contributed by atoms with E-state index in [9.17, 15) is 4.79 Å². The van der Waals surface area contributed by atoms with Crippen LogP contribution < -0.4 is 0 Å². The van der Waals surface area contributed by atoms with Gasteiger partial charge in [0.1, 0.15) is 0 Å². The summed E-state index contributed by atoms with van der Waals surface area (Å²) in [5.41, 5.74) is 1.31. The molecule has 1 aromatic rings. The quantitative estimate of drug-likeness (QED) is 0.655. The van der Waals surface area contributed by atoms with Crippen LogP contribution in [0.5, 0.6) is 0 Å². The number of piperidine rings is 1. The molecular formula is C12H13NO. The van der Waals surface area contributed by atoms with Gasteiger partial charge in [0.05, 0.1) is 6.04 Å². The average Bonchev–Trinajstić information content (AvgIpc) is 2.75. The molecule has 0 amide bonds. The van der Waals surface area contributed by atoms with Crippen LogP contribution in [0.2, 0.25) is 0 Å². The third-order valence-corrected chi connectivity index (χ3v) is 3.28. The normalized spacial score (nSPS) is 34.3. The predicted molar refractivity (Wildman–Crippen MR) is 53.8 cm³/mol. The van der Waals surface area contributed by atoms with Crippen LogP contribution in [0.4, 0.5) is 0 Å². The Morgan fingerprint density at radius 3 is 2.71 bits per heavy atom. The van der Waals surface area contributed by atoms with Crippen molar-refractivity contribution >= 4 is 5.78 Å². The fraction of sp³-hybridized carbons (Fsp3) is 0.417. The maximum Gasteiger partial charge on any atom is 0.151 e. The molecule has 0 N–H and O–H groups in total. The van der Waals surface area contributed by atoms with Gasteiger partial charge in [-0.2, -0.15) is 0 Å². The van der Waals surface area contributed by atoms with Crippen LogP contribution in [-0.2, 0) is 11.3 Å². The summed E-state index contributed by atoms with van der Waals surface area (Å²) in [4.78, 5) is 13.7. The summed E-state index contributed by atoms with van der Waals surface area (Å²) in [5, 5.41) is 0. The lowest BCUT2D eigenvalue weighted by atomic mass is 10.2. The van der Waals surface area contributed by atoms with Gasteiger partial charge in [-0.3, -0.25) is 9.69 Å². The first-order chi connectivity index (χ1) is 6.86.